The van der Waals surface area contributed by atoms with Crippen LogP contribution in [0.5, 0.6) is 0 Å². The van der Waals surface area contributed by atoms with Crippen molar-refractivity contribution in [1.82, 2.24) is 42.2 Å². The number of fused-ring (bicyclic) bond motifs is 1. The minimum Gasteiger partial charge on any atom is -0.391 e. The fourth-order valence-corrected chi connectivity index (χ4v) is 7.16. The van der Waals surface area contributed by atoms with Gasteiger partial charge in [0.25, 0.3) is 0 Å². The molecule has 8 atom stereocenters. The number of aromatic amines is 1. The average Bonchev–Trinajstić information content (AvgIpc) is 3.55. The van der Waals surface area contributed by atoms with Crippen LogP contribution in [-0.4, -0.2) is 100 Å². The second kappa shape index (κ2) is 22.0. The van der Waals surface area contributed by atoms with Crippen LogP contribution in [0.1, 0.15) is 101 Å². The monoisotopic (exact) mass is 811 g/mol. The van der Waals surface area contributed by atoms with E-state index in [1.54, 1.807) is 47.7 Å². The van der Waals surface area contributed by atoms with E-state index >= 15 is 0 Å². The lowest BCUT2D eigenvalue weighted by atomic mass is 9.97. The van der Waals surface area contributed by atoms with Crippen LogP contribution < -0.4 is 37.2 Å². The lowest BCUT2D eigenvalue weighted by Gasteiger charge is -2.32. The van der Waals surface area contributed by atoms with Crippen molar-refractivity contribution in [1.29, 1.82) is 0 Å². The van der Waals surface area contributed by atoms with Crippen molar-refractivity contribution in [2.45, 2.75) is 150 Å². The van der Waals surface area contributed by atoms with Gasteiger partial charge in [0.2, 0.25) is 35.4 Å². The van der Waals surface area contributed by atoms with Crippen LogP contribution in [-0.2, 0) is 35.2 Å². The highest BCUT2D eigenvalue weighted by atomic mass is 16.3. The number of aliphatic hydroxyl groups excluding tert-OH is 1. The number of H-pyrrole nitrogens is 1. The highest BCUT2D eigenvalue weighted by molar-refractivity contribution is 5.97. The summed E-state index contributed by atoms with van der Waals surface area (Å²) in [6.07, 6.45) is 1.81. The van der Waals surface area contributed by atoms with E-state index in [-0.39, 0.29) is 49.5 Å². The fourth-order valence-electron chi connectivity index (χ4n) is 7.16. The number of nitrogens with one attached hydrogen (secondary N) is 8. The van der Waals surface area contributed by atoms with E-state index in [9.17, 15) is 33.9 Å². The molecule has 2 heterocycles. The summed E-state index contributed by atoms with van der Waals surface area (Å²) in [5, 5.41) is 32.6. The van der Waals surface area contributed by atoms with Crippen LogP contribution in [0.25, 0.3) is 10.9 Å². The van der Waals surface area contributed by atoms with Gasteiger partial charge in [-0.2, -0.15) is 0 Å². The molecule has 0 aliphatic carbocycles. The molecule has 15 nitrogen and oxygen atoms in total. The first-order chi connectivity index (χ1) is 27.2. The molecule has 0 saturated carbocycles. The first-order valence-electron chi connectivity index (χ1n) is 21.0. The number of benzene rings is 1. The predicted octanol–water partition coefficient (Wildman–Crippen LogP) is 2.42. The molecule has 1 aliphatic heterocycles. The Balaban J connectivity index is 2.16. The summed E-state index contributed by atoms with van der Waals surface area (Å²) >= 11 is 0. The van der Waals surface area contributed by atoms with Gasteiger partial charge in [0.05, 0.1) is 6.10 Å². The van der Waals surface area contributed by atoms with Crippen LogP contribution in [0.2, 0.25) is 0 Å². The van der Waals surface area contributed by atoms with E-state index in [0.29, 0.717) is 6.42 Å². The van der Waals surface area contributed by atoms with Crippen molar-refractivity contribution in [3.63, 3.8) is 0 Å². The largest absolute Gasteiger partial charge is 0.391 e. The number of hydrogen-bond donors (Lipinski definition) is 9. The Bertz CT molecular complexity index is 1710. The van der Waals surface area contributed by atoms with Gasteiger partial charge in [0, 0.05) is 36.1 Å². The maximum atomic E-state index is 14.4. The van der Waals surface area contributed by atoms with Gasteiger partial charge in [0.15, 0.2) is 0 Å². The van der Waals surface area contributed by atoms with Crippen LogP contribution in [0, 0.1) is 29.6 Å². The van der Waals surface area contributed by atoms with E-state index < -0.39 is 89.8 Å². The molecule has 1 unspecified atom stereocenters. The van der Waals surface area contributed by atoms with Gasteiger partial charge in [-0.1, -0.05) is 101 Å². The molecular formula is C43H70N8O7. The second-order valence-corrected chi connectivity index (χ2v) is 17.6. The van der Waals surface area contributed by atoms with Crippen LogP contribution >= 0.6 is 0 Å². The van der Waals surface area contributed by atoms with Crippen molar-refractivity contribution >= 4 is 46.3 Å². The predicted molar refractivity (Wildman–Crippen MR) is 225 cm³/mol. The van der Waals surface area contributed by atoms with Crippen molar-refractivity contribution in [3.05, 3.63) is 36.0 Å². The molecule has 1 fully saturated rings. The number of amides is 6. The summed E-state index contributed by atoms with van der Waals surface area (Å²) in [7, 11) is 0. The average molecular weight is 811 g/mol. The van der Waals surface area contributed by atoms with Gasteiger partial charge in [-0.05, 0) is 54.1 Å². The van der Waals surface area contributed by atoms with Crippen molar-refractivity contribution in [2.24, 2.45) is 29.6 Å². The lowest BCUT2D eigenvalue weighted by molar-refractivity contribution is -0.136. The lowest BCUT2D eigenvalue weighted by Crippen LogP contribution is -2.62. The summed E-state index contributed by atoms with van der Waals surface area (Å²) in [6.45, 7) is 20.3. The summed E-state index contributed by atoms with van der Waals surface area (Å²) in [5.74, 6) is -4.77. The standard InChI is InChI=1S/C43H70N8O7/c1-12-15-33(52)37-43(58)51-34(24(6)7)40(55)47-31(19-27-20-44-29-17-14-13-16-28(27)29)38(53)46-30(18-22(2)3)39(54)49-36(26(10)11)42(57)50-35(25(8)9)41(56)48-32(21-45-37)23(4)5/h13-14,16-17,20,22-26,30-37,44-45,52H,12,15,18-19,21H2,1-11H3,(H,46,53)(H,47,55)(H,48,56)(H,49,54)(H,50,57)(H,51,58)/t30-,31+,32-,33?,34-,35-,36+,37+/m1/s1. The van der Waals surface area contributed by atoms with E-state index in [4.69, 9.17) is 0 Å². The van der Waals surface area contributed by atoms with Crippen molar-refractivity contribution < 1.29 is 33.9 Å². The Labute approximate surface area is 344 Å². The third-order valence-electron chi connectivity index (χ3n) is 10.8. The molecular weight excluding hydrogens is 741 g/mol. The SMILES string of the molecule is CCCC(O)[C@@H]1NC[C@H](C(C)C)NC(=O)[C@@H](C(C)C)NC(=O)[C@H](C(C)C)NC(=O)[C@@H](CC(C)C)NC(=O)[C@H](Cc2c[nH]c3ccccc23)NC(=O)[C@@H](C(C)C)NC1=O. The highest BCUT2D eigenvalue weighted by Gasteiger charge is 2.37. The summed E-state index contributed by atoms with van der Waals surface area (Å²) in [4.78, 5) is 87.8. The third-order valence-corrected chi connectivity index (χ3v) is 10.8. The van der Waals surface area contributed by atoms with Crippen molar-refractivity contribution in [2.75, 3.05) is 6.54 Å². The topological polar surface area (TPSA) is 223 Å². The molecule has 3 rings (SSSR count). The van der Waals surface area contributed by atoms with E-state index in [0.717, 1.165) is 16.5 Å². The quantitative estimate of drug-likeness (QED) is 0.164. The normalized spacial score (nSPS) is 25.9. The minimum absolute atomic E-state index is 0.0495. The first kappa shape index (κ1) is 47.9. The number of aromatic nitrogens is 1. The Hall–Kier alpha value is -4.50. The molecule has 0 spiro atoms. The van der Waals surface area contributed by atoms with Crippen molar-refractivity contribution in [3.8, 4) is 0 Å². The molecule has 2 aromatic rings. The number of rotatable bonds is 11. The van der Waals surface area contributed by atoms with E-state index in [1.807, 2.05) is 58.9 Å². The van der Waals surface area contributed by atoms with Gasteiger partial charge < -0.3 is 47.3 Å². The fraction of sp³-hybridized carbons (Fsp3) is 0.674. The summed E-state index contributed by atoms with van der Waals surface area (Å²) in [5.41, 5.74) is 1.59. The summed E-state index contributed by atoms with van der Waals surface area (Å²) < 4.78 is 0. The van der Waals surface area contributed by atoms with Gasteiger partial charge in [-0.3, -0.25) is 28.8 Å². The molecule has 324 valence electrons. The molecule has 1 aliphatic rings. The highest BCUT2D eigenvalue weighted by Crippen LogP contribution is 2.20. The van der Waals surface area contributed by atoms with Crippen LogP contribution in [0.3, 0.4) is 0 Å². The molecule has 0 bridgehead atoms. The zero-order valence-electron chi connectivity index (χ0n) is 36.3. The molecule has 1 saturated heterocycles. The molecule has 1 aromatic heterocycles. The van der Waals surface area contributed by atoms with Gasteiger partial charge >= 0.3 is 0 Å². The number of carbonyl (C=O) groups excluding carboxylic acids is 6. The molecule has 58 heavy (non-hydrogen) atoms. The van der Waals surface area contributed by atoms with E-state index in [1.165, 1.54) is 0 Å². The zero-order valence-corrected chi connectivity index (χ0v) is 36.3. The molecule has 9 N–H and O–H groups in total. The molecule has 15 heteroatoms. The van der Waals surface area contributed by atoms with E-state index in [2.05, 4.69) is 42.2 Å². The number of aliphatic hydroxyl groups is 1. The van der Waals surface area contributed by atoms with Crippen LogP contribution in [0.15, 0.2) is 30.5 Å². The number of para-hydroxylation sites is 1. The maximum Gasteiger partial charge on any atom is 0.243 e. The first-order valence-corrected chi connectivity index (χ1v) is 21.0. The molecule has 1 aromatic carbocycles. The number of carbonyl (C=O) groups is 6. The Kier molecular flexibility index (Phi) is 18.2. The van der Waals surface area contributed by atoms with Gasteiger partial charge in [-0.25, -0.2) is 0 Å². The molecule has 0 radical (unpaired) electrons. The summed E-state index contributed by atoms with van der Waals surface area (Å²) in [6, 6.07) is 0.519. The van der Waals surface area contributed by atoms with Crippen LogP contribution in [0.4, 0.5) is 0 Å². The second-order valence-electron chi connectivity index (χ2n) is 17.6. The van der Waals surface area contributed by atoms with Gasteiger partial charge in [0.1, 0.15) is 36.3 Å². The maximum absolute atomic E-state index is 14.4. The van der Waals surface area contributed by atoms with Gasteiger partial charge in [-0.15, -0.1) is 0 Å². The zero-order chi connectivity index (χ0) is 43.4. The Morgan fingerprint density at radius 3 is 1.62 bits per heavy atom. The Morgan fingerprint density at radius 1 is 0.603 bits per heavy atom. The number of hydrogen-bond acceptors (Lipinski definition) is 8. The minimum atomic E-state index is -1.18. The Morgan fingerprint density at radius 2 is 1.09 bits per heavy atom. The molecule has 6 amide bonds. The smallest absolute Gasteiger partial charge is 0.243 e. The third kappa shape index (κ3) is 13.3.